The smallest absolute Gasteiger partial charge is 0.216 e. The average molecular weight is 1600 g/mol. The number of nitrogen functional groups attached to an aromatic ring is 5. The lowest BCUT2D eigenvalue weighted by atomic mass is 10.2. The number of amides is 1. The van der Waals surface area contributed by atoms with E-state index in [1.807, 2.05) is 104 Å². The number of aryl methyl sites for hydroxylation is 1. The predicted octanol–water partition coefficient (Wildman–Crippen LogP) is 12.2. The van der Waals surface area contributed by atoms with Gasteiger partial charge in [0.05, 0.1) is 146 Å². The number of Topliss-reactive ketones (excluding diaryl/α,β-unsaturated/α-hetero) is 1. The van der Waals surface area contributed by atoms with Gasteiger partial charge in [0.15, 0.2) is 0 Å². The van der Waals surface area contributed by atoms with Crippen molar-refractivity contribution in [1.82, 2.24) is 91.1 Å². The number of ketones is 1. The number of rotatable bonds is 24. The number of aliphatic hydroxyl groups is 2. The fourth-order valence-electron chi connectivity index (χ4n) is 12.0. The number of carbonyl (C=O) groups excluding carboxylic acids is 2. The van der Waals surface area contributed by atoms with Crippen LogP contribution in [-0.2, 0) is 16.1 Å². The Bertz CT molecular complexity index is 5760. The van der Waals surface area contributed by atoms with E-state index < -0.39 is 6.10 Å². The lowest BCUT2D eigenvalue weighted by Gasteiger charge is -2.15. The second-order valence-corrected chi connectivity index (χ2v) is 31.3. The number of nitrogens with one attached hydrogen (secondary N) is 10. The van der Waals surface area contributed by atoms with Gasteiger partial charge in [-0.25, -0.2) is 24.9 Å². The zero-order chi connectivity index (χ0) is 78.2. The maximum atomic E-state index is 11.0. The molecule has 2 atom stereocenters. The van der Waals surface area contributed by atoms with Crippen LogP contribution in [0.5, 0.6) is 5.75 Å². The van der Waals surface area contributed by atoms with Crippen molar-refractivity contribution in [2.24, 2.45) is 0 Å². The van der Waals surface area contributed by atoms with E-state index in [1.54, 1.807) is 89.3 Å². The first-order chi connectivity index (χ1) is 54.3. The number of pyridine rings is 6. The van der Waals surface area contributed by atoms with Gasteiger partial charge in [-0.3, -0.25) is 35.3 Å². The van der Waals surface area contributed by atoms with E-state index in [0.29, 0.717) is 60.4 Å². The van der Waals surface area contributed by atoms with Crippen LogP contribution in [0.15, 0.2) is 140 Å². The fourth-order valence-corrected chi connectivity index (χ4v) is 17.2. The van der Waals surface area contributed by atoms with Crippen LogP contribution in [0.25, 0.3) is 104 Å². The summed E-state index contributed by atoms with van der Waals surface area (Å²) in [6.45, 7) is 9.70. The molecule has 17 rings (SSSR count). The van der Waals surface area contributed by atoms with Crippen molar-refractivity contribution in [3.63, 3.8) is 0 Å². The molecule has 0 aromatic carbocycles. The van der Waals surface area contributed by atoms with Gasteiger partial charge in [0.25, 0.3) is 0 Å². The van der Waals surface area contributed by atoms with Crippen LogP contribution in [0.4, 0.5) is 51.8 Å². The van der Waals surface area contributed by atoms with Gasteiger partial charge < -0.3 is 79.9 Å². The van der Waals surface area contributed by atoms with Gasteiger partial charge in [-0.1, -0.05) is 6.07 Å². The highest BCUT2D eigenvalue weighted by molar-refractivity contribution is 7.24. The van der Waals surface area contributed by atoms with Crippen molar-refractivity contribution in [3.8, 4) is 58.6 Å². The van der Waals surface area contributed by atoms with E-state index >= 15 is 0 Å². The number of H-pyrrole nitrogens is 5. The van der Waals surface area contributed by atoms with Crippen molar-refractivity contribution in [1.29, 1.82) is 0 Å². The first-order valence-corrected chi connectivity index (χ1v) is 39.6. The second-order valence-electron chi connectivity index (χ2n) is 26.1. The minimum Gasteiger partial charge on any atom is -0.489 e. The Morgan fingerprint density at radius 1 is 0.527 bits per heavy atom. The molecule has 578 valence electrons. The van der Waals surface area contributed by atoms with Crippen molar-refractivity contribution in [3.05, 3.63) is 152 Å². The number of aromatic nitrogens is 16. The highest BCUT2D eigenvalue weighted by atomic mass is 32.1. The van der Waals surface area contributed by atoms with Crippen LogP contribution in [0, 0.1) is 6.92 Å². The molecule has 16 aromatic rings. The number of carbonyl (C=O) groups is 2. The van der Waals surface area contributed by atoms with E-state index in [0.717, 1.165) is 184 Å². The van der Waals surface area contributed by atoms with Crippen molar-refractivity contribution < 1.29 is 24.5 Å². The second kappa shape index (κ2) is 36.5. The van der Waals surface area contributed by atoms with Gasteiger partial charge in [0.1, 0.15) is 53.3 Å². The molecule has 0 unspecified atom stereocenters. The molecule has 1 saturated heterocycles. The Morgan fingerprint density at radius 2 is 0.929 bits per heavy atom. The molecule has 1 amide bonds. The number of fused-ring (bicyclic) bond motifs is 5. The molecule has 1 aliphatic heterocycles. The summed E-state index contributed by atoms with van der Waals surface area (Å²) in [5.41, 5.74) is 44.5. The monoisotopic (exact) mass is 1600 g/mol. The summed E-state index contributed by atoms with van der Waals surface area (Å²) in [5.74, 6) is 3.09. The number of nitrogens with zero attached hydrogens (tertiary/aromatic N) is 12. The van der Waals surface area contributed by atoms with E-state index in [1.165, 1.54) is 18.3 Å². The van der Waals surface area contributed by atoms with E-state index in [4.69, 9.17) is 38.5 Å². The van der Waals surface area contributed by atoms with Gasteiger partial charge in [-0.15, -0.1) is 56.7 Å². The first kappa shape index (κ1) is 77.9. The number of likely N-dealkylation sites (tertiary alicyclic amines) is 1. The maximum absolute atomic E-state index is 11.0. The fraction of sp³-hybridized carbons (Fsp3) is 0.240. The summed E-state index contributed by atoms with van der Waals surface area (Å²) in [7, 11) is 2.15. The minimum absolute atomic E-state index is 0.00760. The van der Waals surface area contributed by atoms with Crippen LogP contribution in [0.1, 0.15) is 50.9 Å². The first-order valence-electron chi connectivity index (χ1n) is 35.6. The normalized spacial score (nSPS) is 12.9. The number of aromatic amines is 5. The molecule has 17 heterocycles. The highest BCUT2D eigenvalue weighted by Gasteiger charge is 2.23. The van der Waals surface area contributed by atoms with Gasteiger partial charge in [-0.05, 0) is 119 Å². The van der Waals surface area contributed by atoms with Crippen LogP contribution >= 0.6 is 56.7 Å². The number of hydrogen-bond acceptors (Lipinski definition) is 31. The lowest BCUT2D eigenvalue weighted by molar-refractivity contribution is -0.119. The molecule has 1 fully saturated rings. The Morgan fingerprint density at radius 3 is 1.32 bits per heavy atom. The molecular weight excluding hydrogens is 1520 g/mol. The molecule has 16 aromatic heterocycles. The number of hydrogen-bond donors (Lipinski definition) is 17. The third-order valence-electron chi connectivity index (χ3n) is 17.2. The Balaban J connectivity index is 0.000000123. The van der Waals surface area contributed by atoms with Gasteiger partial charge in [0.2, 0.25) is 5.91 Å². The number of nitrogens with two attached hydrogens (primary N) is 5. The minimum atomic E-state index is -0.929. The largest absolute Gasteiger partial charge is 0.489 e. The van der Waals surface area contributed by atoms with Crippen LogP contribution < -0.4 is 60.0 Å². The van der Waals surface area contributed by atoms with Crippen molar-refractivity contribution in [2.75, 3.05) is 103 Å². The summed E-state index contributed by atoms with van der Waals surface area (Å²) in [5, 5.41) is 69.5. The molecule has 0 bridgehead atoms. The third kappa shape index (κ3) is 20.2. The average Bonchev–Trinajstić information content (AvgIpc) is 1.68. The SMILES string of the molecule is CC(=O)CCCNc1cc(N)nc2cc(-c3ccn[nH]3)sc12.CC(=O)NCCCNc1cc(N)nc2cc(-c3ccn[nH]3)sc12.CN1CC[C@H](Nc2cc(N)nc3cc(-c4ccn[nH]4)sc23)C1.Cc1cccc(CNc2cc(N)nc3cc(-c4ccn[nH]4)sc23)n1.Nc1cc(OC[C@H](O)CO)c2sc(-c3ccn[nH]3)cc2n1. The van der Waals surface area contributed by atoms with Crippen LogP contribution in [0.3, 0.4) is 0 Å². The predicted molar refractivity (Wildman–Crippen MR) is 453 cm³/mol. The molecule has 0 radical (unpaired) electrons. The summed E-state index contributed by atoms with van der Waals surface area (Å²) >= 11 is 8.13. The highest BCUT2D eigenvalue weighted by Crippen LogP contribution is 2.43. The molecule has 0 spiro atoms. The van der Waals surface area contributed by atoms with Gasteiger partial charge >= 0.3 is 0 Å². The number of anilines is 9. The zero-order valence-corrected chi connectivity index (χ0v) is 65.4. The molecule has 22 N–H and O–H groups in total. The van der Waals surface area contributed by atoms with Crippen LogP contribution in [0.2, 0.25) is 0 Å². The van der Waals surface area contributed by atoms with Gasteiger partial charge in [-0.2, -0.15) is 25.5 Å². The quantitative estimate of drug-likeness (QED) is 0.0250. The Labute approximate surface area is 660 Å². The molecule has 37 heteroatoms. The maximum Gasteiger partial charge on any atom is 0.216 e. The molecule has 0 saturated carbocycles. The summed E-state index contributed by atoms with van der Waals surface area (Å²) in [6, 6.07) is 35.2. The van der Waals surface area contributed by atoms with E-state index in [9.17, 15) is 14.7 Å². The molecule has 112 heavy (non-hydrogen) atoms. The molecule has 1 aliphatic rings. The summed E-state index contributed by atoms with van der Waals surface area (Å²) in [4.78, 5) is 55.9. The third-order valence-corrected chi connectivity index (χ3v) is 23.1. The van der Waals surface area contributed by atoms with E-state index in [-0.39, 0.29) is 24.9 Å². The lowest BCUT2D eigenvalue weighted by Crippen LogP contribution is -2.23. The van der Waals surface area contributed by atoms with Crippen molar-refractivity contribution >= 4 is 171 Å². The number of likely N-dealkylation sites (N-methyl/N-ethyl adjacent to an activating group) is 1. The molecule has 0 aliphatic carbocycles. The van der Waals surface area contributed by atoms with Crippen molar-refractivity contribution in [2.45, 2.75) is 65.1 Å². The Hall–Kier alpha value is -12.2. The van der Waals surface area contributed by atoms with Crippen LogP contribution in [-0.4, -0.2) is 173 Å². The Kier molecular flexibility index (Phi) is 25.4. The molecular formula is C75H83N27O5S5. The standard InChI is InChI=1S/C17H16N6S.C15H18N6OS.C15H18N6S.C15H17N5OS.C13H14N4O3S/c1-10-3-2-4-11(21-10)9-19-13-8-16(18)22-14-7-15(24-17(13)14)12-5-6-20-23-12;1-9(22)17-4-2-5-18-11-8-14(16)20-12-7-13(23-15(11)12)10-3-6-19-21-10;1-21-5-3-9(8-21)18-12-7-14(16)19-11-6-13(22-15(11)12)10-2-4-17-20-10;1-9(21)3-2-5-17-11-8-14(16)19-12-7-13(22-15(11)12)10-4-6-18-20-10;14-12-4-10(20-6-7(19)5-18)13-9(16-12)3-11(21-13)8-1-2-15-17-8/h2-8H,9H2,1H3,(H,20,23)(H3,18,19,22);3,6-8H,2,4-5H2,1H3,(H,17,22)(H,19,21)(H3,16,18,20);2,4,6-7,9H,3,5,8H2,1H3,(H,17,20)(H3,16,18,19);4,6-8H,2-3,5H2,1H3,(H,18,20)(H3,16,17,19);1-4,7,18-19H,5-6H2,(H2,14,16)(H,15,17)/t;;9-;;7-/m..0.1/s1. The zero-order valence-electron chi connectivity index (χ0n) is 61.3. The summed E-state index contributed by atoms with van der Waals surface area (Å²) in [6.07, 6.45) is 11.1. The molecule has 32 nitrogen and oxygen atoms in total. The summed E-state index contributed by atoms with van der Waals surface area (Å²) < 4.78 is 10.7. The number of thiophene rings is 5. The van der Waals surface area contributed by atoms with Gasteiger partial charge in [0, 0.05) is 113 Å². The number of ether oxygens (including phenoxy) is 1. The van der Waals surface area contributed by atoms with E-state index in [2.05, 4.69) is 125 Å². The number of aliphatic hydroxyl groups excluding tert-OH is 2. The topological polar surface area (TPSA) is 498 Å².